The number of benzene rings is 1. The van der Waals surface area contributed by atoms with E-state index in [-0.39, 0.29) is 5.75 Å². The standard InChI is InChI=1S/C9H10O2/c1-3-7-6-8(10)4-5-9(7)11-2/h3-6,10H,1H2,2H3. The van der Waals surface area contributed by atoms with Gasteiger partial charge >= 0.3 is 0 Å². The van der Waals surface area contributed by atoms with Gasteiger partial charge in [0.1, 0.15) is 11.5 Å². The zero-order valence-electron chi connectivity index (χ0n) is 6.37. The summed E-state index contributed by atoms with van der Waals surface area (Å²) < 4.78 is 5.01. The molecule has 58 valence electrons. The molecule has 0 saturated heterocycles. The molecule has 1 aromatic carbocycles. The van der Waals surface area contributed by atoms with Crippen LogP contribution in [0.25, 0.3) is 6.08 Å². The predicted octanol–water partition coefficient (Wildman–Crippen LogP) is 2.04. The highest BCUT2D eigenvalue weighted by atomic mass is 16.5. The van der Waals surface area contributed by atoms with E-state index in [0.717, 1.165) is 11.3 Å². The molecule has 0 aliphatic heterocycles. The molecule has 11 heavy (non-hydrogen) atoms. The lowest BCUT2D eigenvalue weighted by Crippen LogP contribution is -1.85. The van der Waals surface area contributed by atoms with Gasteiger partial charge in [-0.05, 0) is 18.2 Å². The fraction of sp³-hybridized carbons (Fsp3) is 0.111. The van der Waals surface area contributed by atoms with E-state index >= 15 is 0 Å². The van der Waals surface area contributed by atoms with Gasteiger partial charge in [0.2, 0.25) is 0 Å². The van der Waals surface area contributed by atoms with Crippen LogP contribution < -0.4 is 4.74 Å². The largest absolute Gasteiger partial charge is 0.508 e. The summed E-state index contributed by atoms with van der Waals surface area (Å²) in [6.07, 6.45) is 1.64. The lowest BCUT2D eigenvalue weighted by Gasteiger charge is -2.03. The third kappa shape index (κ3) is 1.52. The number of aromatic hydroxyl groups is 1. The first-order valence-electron chi connectivity index (χ1n) is 3.27. The van der Waals surface area contributed by atoms with Crippen molar-refractivity contribution in [2.75, 3.05) is 7.11 Å². The van der Waals surface area contributed by atoms with Gasteiger partial charge in [-0.2, -0.15) is 0 Å². The minimum Gasteiger partial charge on any atom is -0.508 e. The number of hydrogen-bond donors (Lipinski definition) is 1. The maximum absolute atomic E-state index is 9.06. The van der Waals surface area contributed by atoms with Crippen molar-refractivity contribution >= 4 is 6.08 Å². The minimum atomic E-state index is 0.223. The average Bonchev–Trinajstić information content (AvgIpc) is 2.04. The number of phenolic OH excluding ortho intramolecular Hbond substituents is 1. The van der Waals surface area contributed by atoms with Crippen molar-refractivity contribution < 1.29 is 9.84 Å². The summed E-state index contributed by atoms with van der Waals surface area (Å²) in [5.41, 5.74) is 0.799. The van der Waals surface area contributed by atoms with Gasteiger partial charge in [0.15, 0.2) is 0 Å². The second-order valence-corrected chi connectivity index (χ2v) is 2.13. The first-order valence-corrected chi connectivity index (χ1v) is 3.27. The minimum absolute atomic E-state index is 0.223. The van der Waals surface area contributed by atoms with Crippen molar-refractivity contribution in [1.29, 1.82) is 0 Å². The molecule has 1 N–H and O–H groups in total. The van der Waals surface area contributed by atoms with Crippen molar-refractivity contribution in [2.45, 2.75) is 0 Å². The van der Waals surface area contributed by atoms with Crippen LogP contribution in [0, 0.1) is 0 Å². The number of methoxy groups -OCH3 is 1. The van der Waals surface area contributed by atoms with Gasteiger partial charge in [-0.1, -0.05) is 12.7 Å². The van der Waals surface area contributed by atoms with Crippen LogP contribution in [0.2, 0.25) is 0 Å². The first kappa shape index (κ1) is 7.66. The fourth-order valence-corrected chi connectivity index (χ4v) is 0.881. The van der Waals surface area contributed by atoms with E-state index in [1.54, 1.807) is 31.4 Å². The third-order valence-electron chi connectivity index (χ3n) is 1.43. The molecule has 0 fully saturated rings. The van der Waals surface area contributed by atoms with E-state index in [2.05, 4.69) is 6.58 Å². The third-order valence-corrected chi connectivity index (χ3v) is 1.43. The zero-order chi connectivity index (χ0) is 8.27. The van der Waals surface area contributed by atoms with Gasteiger partial charge in [-0.15, -0.1) is 0 Å². The van der Waals surface area contributed by atoms with Crippen LogP contribution in [0.5, 0.6) is 11.5 Å². The summed E-state index contributed by atoms with van der Waals surface area (Å²) in [5.74, 6) is 0.943. The topological polar surface area (TPSA) is 29.5 Å². The number of ether oxygens (including phenoxy) is 1. The highest BCUT2D eigenvalue weighted by Gasteiger charge is 1.98. The van der Waals surface area contributed by atoms with Crippen LogP contribution in [0.3, 0.4) is 0 Å². The van der Waals surface area contributed by atoms with Crippen molar-refractivity contribution in [3.05, 3.63) is 30.3 Å². The Balaban J connectivity index is 3.16. The van der Waals surface area contributed by atoms with Crippen LogP contribution >= 0.6 is 0 Å². The molecule has 0 saturated carbocycles. The maximum Gasteiger partial charge on any atom is 0.126 e. The van der Waals surface area contributed by atoms with Crippen molar-refractivity contribution in [3.8, 4) is 11.5 Å². The molecule has 0 aliphatic carbocycles. The van der Waals surface area contributed by atoms with Gasteiger partial charge in [0, 0.05) is 5.56 Å². The van der Waals surface area contributed by atoms with E-state index in [1.807, 2.05) is 0 Å². The molecule has 1 rings (SSSR count). The Morgan fingerprint density at radius 3 is 2.82 bits per heavy atom. The zero-order valence-corrected chi connectivity index (χ0v) is 6.37. The lowest BCUT2D eigenvalue weighted by molar-refractivity contribution is 0.411. The monoisotopic (exact) mass is 150 g/mol. The molecule has 2 nitrogen and oxygen atoms in total. The van der Waals surface area contributed by atoms with E-state index in [9.17, 15) is 0 Å². The van der Waals surface area contributed by atoms with E-state index in [0.29, 0.717) is 0 Å². The molecule has 0 aliphatic rings. The lowest BCUT2D eigenvalue weighted by atomic mass is 10.2. The van der Waals surface area contributed by atoms with Gasteiger partial charge in [0.25, 0.3) is 0 Å². The Kier molecular flexibility index (Phi) is 2.16. The van der Waals surface area contributed by atoms with Gasteiger partial charge in [-0.25, -0.2) is 0 Å². The Morgan fingerprint density at radius 2 is 2.27 bits per heavy atom. The summed E-state index contributed by atoms with van der Waals surface area (Å²) >= 11 is 0. The van der Waals surface area contributed by atoms with Gasteiger partial charge < -0.3 is 9.84 Å². The van der Waals surface area contributed by atoms with E-state index < -0.39 is 0 Å². The molecule has 0 radical (unpaired) electrons. The normalized spacial score (nSPS) is 9.18. The summed E-state index contributed by atoms with van der Waals surface area (Å²) in [7, 11) is 1.58. The smallest absolute Gasteiger partial charge is 0.126 e. The molecular formula is C9H10O2. The van der Waals surface area contributed by atoms with Crippen molar-refractivity contribution in [3.63, 3.8) is 0 Å². The van der Waals surface area contributed by atoms with Gasteiger partial charge in [-0.3, -0.25) is 0 Å². The van der Waals surface area contributed by atoms with Crippen LogP contribution in [0.15, 0.2) is 24.8 Å². The molecule has 0 amide bonds. The highest BCUT2D eigenvalue weighted by molar-refractivity contribution is 5.57. The quantitative estimate of drug-likeness (QED) is 0.699. The molecule has 0 unspecified atom stereocenters. The summed E-state index contributed by atoms with van der Waals surface area (Å²) in [4.78, 5) is 0. The van der Waals surface area contributed by atoms with E-state index in [4.69, 9.17) is 9.84 Å². The second-order valence-electron chi connectivity index (χ2n) is 2.13. The van der Waals surface area contributed by atoms with Crippen molar-refractivity contribution in [2.24, 2.45) is 0 Å². The molecule has 0 aromatic heterocycles. The molecule has 0 heterocycles. The molecule has 0 atom stereocenters. The molecule has 1 aromatic rings. The Bertz CT molecular complexity index is 266. The SMILES string of the molecule is C=Cc1cc(O)ccc1OC. The van der Waals surface area contributed by atoms with Crippen LogP contribution in [0.1, 0.15) is 5.56 Å². The van der Waals surface area contributed by atoms with Crippen LogP contribution in [-0.2, 0) is 0 Å². The fourth-order valence-electron chi connectivity index (χ4n) is 0.881. The predicted molar refractivity (Wildman–Crippen MR) is 44.7 cm³/mol. The number of phenols is 1. The van der Waals surface area contributed by atoms with Crippen LogP contribution in [0.4, 0.5) is 0 Å². The van der Waals surface area contributed by atoms with Gasteiger partial charge in [0.05, 0.1) is 7.11 Å². The number of rotatable bonds is 2. The van der Waals surface area contributed by atoms with E-state index in [1.165, 1.54) is 0 Å². The summed E-state index contributed by atoms with van der Waals surface area (Å²) in [5, 5.41) is 9.06. The Morgan fingerprint density at radius 1 is 1.55 bits per heavy atom. The Hall–Kier alpha value is -1.44. The second kappa shape index (κ2) is 3.10. The molecule has 0 bridgehead atoms. The molecule has 2 heteroatoms. The average molecular weight is 150 g/mol. The summed E-state index contributed by atoms with van der Waals surface area (Å²) in [6, 6.07) is 4.88. The maximum atomic E-state index is 9.06. The molecule has 0 spiro atoms. The number of hydrogen-bond acceptors (Lipinski definition) is 2. The first-order chi connectivity index (χ1) is 5.27. The summed E-state index contributed by atoms with van der Waals surface area (Å²) in [6.45, 7) is 3.59. The Labute approximate surface area is 65.7 Å². The van der Waals surface area contributed by atoms with Crippen LogP contribution in [-0.4, -0.2) is 12.2 Å². The van der Waals surface area contributed by atoms with Crippen molar-refractivity contribution in [1.82, 2.24) is 0 Å². The highest BCUT2D eigenvalue weighted by Crippen LogP contribution is 2.23. The molecular weight excluding hydrogens is 140 g/mol.